The maximum absolute atomic E-state index is 3.46. The van der Waals surface area contributed by atoms with Gasteiger partial charge in [-0.1, -0.05) is 125 Å². The van der Waals surface area contributed by atoms with Crippen molar-refractivity contribution in [3.63, 3.8) is 0 Å². The van der Waals surface area contributed by atoms with Crippen LogP contribution in [0, 0.1) is 6.92 Å². The van der Waals surface area contributed by atoms with Crippen molar-refractivity contribution in [2.24, 2.45) is 0 Å². The number of benzene rings is 3. The molecule has 0 nitrogen and oxygen atoms in total. The van der Waals surface area contributed by atoms with Gasteiger partial charge >= 0.3 is 26.2 Å². The standard InChI is InChI=1S/C21H16P.C10H15.C5H8.Zr/c1-3-11-19(12-4-1)22(20-13-5-2-6-14-20)21-15-17-9-7-8-10-18(17)16-21;1-3-4-7-10-8-5-6-9(10)2;1-3-5-4-2;/h1-16H;5-6,8H,3-4,7H2,1-2H3;3-5H,1H2,2H3;/q2*-1;;+2. The minimum Gasteiger partial charge on any atom is -0.213 e. The average Bonchev–Trinajstić information content (AvgIpc) is 3.55. The van der Waals surface area contributed by atoms with Crippen molar-refractivity contribution in [2.45, 2.75) is 40.0 Å². The Morgan fingerprint density at radius 1 is 0.842 bits per heavy atom. The summed E-state index contributed by atoms with van der Waals surface area (Å²) in [5.74, 6) is 0. The monoisotopic (exact) mass is 592 g/mol. The number of aryl methyl sites for hydroxylation is 2. The molecule has 0 aliphatic heterocycles. The van der Waals surface area contributed by atoms with Crippen LogP contribution in [0.4, 0.5) is 0 Å². The molecule has 38 heavy (non-hydrogen) atoms. The van der Waals surface area contributed by atoms with Crippen molar-refractivity contribution < 1.29 is 26.2 Å². The summed E-state index contributed by atoms with van der Waals surface area (Å²) < 4.78 is 0. The summed E-state index contributed by atoms with van der Waals surface area (Å²) in [6, 6.07) is 41.6. The third-order valence-electron chi connectivity index (χ3n) is 6.17. The SMILES string of the molecule is C=CC=CC.CCCC[c-]1cccc1C.[Zr+2].c1ccc(P(c2ccccc2)c2cc3ccccc3[cH-]2)cc1. The zero-order chi connectivity index (χ0) is 26.3. The largest absolute Gasteiger partial charge is 2.00 e. The first-order valence-corrected chi connectivity index (χ1v) is 14.5. The first-order chi connectivity index (χ1) is 18.2. The van der Waals surface area contributed by atoms with Crippen LogP contribution in [0.5, 0.6) is 0 Å². The first-order valence-electron chi connectivity index (χ1n) is 13.2. The van der Waals surface area contributed by atoms with Crippen LogP contribution in [0.25, 0.3) is 10.8 Å². The van der Waals surface area contributed by atoms with Gasteiger partial charge in [0.05, 0.1) is 0 Å². The normalized spacial score (nSPS) is 10.3. The van der Waals surface area contributed by atoms with Crippen LogP contribution in [-0.2, 0) is 32.6 Å². The number of fused-ring (bicyclic) bond motifs is 1. The van der Waals surface area contributed by atoms with Crippen molar-refractivity contribution in [2.75, 3.05) is 0 Å². The Hall–Kier alpha value is -2.59. The molecule has 0 heterocycles. The fraction of sp³-hybridized carbons (Fsp3) is 0.167. The molecule has 0 aliphatic carbocycles. The molecular weight excluding hydrogens is 555 g/mol. The van der Waals surface area contributed by atoms with Crippen LogP contribution < -0.4 is 15.9 Å². The Labute approximate surface area is 250 Å². The molecule has 5 rings (SSSR count). The summed E-state index contributed by atoms with van der Waals surface area (Å²) in [5.41, 5.74) is 2.98. The smallest absolute Gasteiger partial charge is 0.213 e. The Morgan fingerprint density at radius 2 is 1.45 bits per heavy atom. The van der Waals surface area contributed by atoms with Gasteiger partial charge in [-0.05, 0) is 25.5 Å². The van der Waals surface area contributed by atoms with Gasteiger partial charge in [0, 0.05) is 0 Å². The predicted octanol–water partition coefficient (Wildman–Crippen LogP) is 9.12. The molecule has 0 unspecified atom stereocenters. The number of allylic oxidation sites excluding steroid dienone is 3. The van der Waals surface area contributed by atoms with E-state index in [1.807, 2.05) is 19.1 Å². The molecule has 0 saturated heterocycles. The maximum atomic E-state index is 3.46. The van der Waals surface area contributed by atoms with Gasteiger partial charge in [0.2, 0.25) is 0 Å². The molecule has 0 atom stereocenters. The minimum atomic E-state index is -0.493. The average molecular weight is 594 g/mol. The fourth-order valence-corrected chi connectivity index (χ4v) is 6.57. The van der Waals surface area contributed by atoms with Crippen LogP contribution in [-0.4, -0.2) is 0 Å². The molecule has 0 aromatic heterocycles. The molecule has 0 N–H and O–H groups in total. The van der Waals surface area contributed by atoms with Crippen molar-refractivity contribution in [1.82, 2.24) is 0 Å². The van der Waals surface area contributed by atoms with Gasteiger partial charge in [-0.3, -0.25) is 0 Å². The molecule has 0 spiro atoms. The molecule has 192 valence electrons. The molecule has 2 heteroatoms. The minimum absolute atomic E-state index is 0. The van der Waals surface area contributed by atoms with E-state index >= 15 is 0 Å². The molecule has 5 aromatic carbocycles. The van der Waals surface area contributed by atoms with E-state index in [0.29, 0.717) is 0 Å². The number of hydrogen-bond donors (Lipinski definition) is 0. The molecule has 0 amide bonds. The van der Waals surface area contributed by atoms with E-state index in [0.717, 1.165) is 0 Å². The summed E-state index contributed by atoms with van der Waals surface area (Å²) in [7, 11) is -0.493. The summed E-state index contributed by atoms with van der Waals surface area (Å²) in [6.07, 6.45) is 9.46. The molecule has 0 radical (unpaired) electrons. The molecule has 0 fully saturated rings. The second-order valence-corrected chi connectivity index (χ2v) is 11.2. The van der Waals surface area contributed by atoms with Gasteiger partial charge < -0.3 is 0 Å². The molecule has 0 bridgehead atoms. The summed E-state index contributed by atoms with van der Waals surface area (Å²) in [6.45, 7) is 9.84. The third-order valence-corrected chi connectivity index (χ3v) is 8.57. The van der Waals surface area contributed by atoms with Crippen LogP contribution in [0.1, 0.15) is 37.8 Å². The molecule has 0 aliphatic rings. The fourth-order valence-electron chi connectivity index (χ4n) is 4.20. The first kappa shape index (κ1) is 31.6. The molecule has 5 aromatic rings. The van der Waals surface area contributed by atoms with Crippen molar-refractivity contribution in [3.8, 4) is 0 Å². The Balaban J connectivity index is 0.000000265. The summed E-state index contributed by atoms with van der Waals surface area (Å²) in [4.78, 5) is 0. The van der Waals surface area contributed by atoms with Crippen LogP contribution >= 0.6 is 7.92 Å². The summed E-state index contributed by atoms with van der Waals surface area (Å²) in [5, 5.41) is 6.89. The van der Waals surface area contributed by atoms with Gasteiger partial charge in [-0.25, -0.2) is 12.1 Å². The van der Waals surface area contributed by atoms with Crippen LogP contribution in [0.2, 0.25) is 0 Å². The quantitative estimate of drug-likeness (QED) is 0.100. The van der Waals surface area contributed by atoms with E-state index in [9.17, 15) is 0 Å². The topological polar surface area (TPSA) is 0 Å². The Kier molecular flexibility index (Phi) is 14.8. The third kappa shape index (κ3) is 9.62. The van der Waals surface area contributed by atoms with Gasteiger partial charge in [0.25, 0.3) is 0 Å². The molecular formula is C36H39PZr. The second-order valence-electron chi connectivity index (χ2n) is 8.95. The van der Waals surface area contributed by atoms with Crippen LogP contribution in [0.15, 0.2) is 140 Å². The Morgan fingerprint density at radius 3 is 1.92 bits per heavy atom. The van der Waals surface area contributed by atoms with Crippen LogP contribution in [0.3, 0.4) is 0 Å². The van der Waals surface area contributed by atoms with E-state index in [2.05, 4.69) is 136 Å². The molecule has 0 saturated carbocycles. The van der Waals surface area contributed by atoms with Gasteiger partial charge in [0.15, 0.2) is 0 Å². The van der Waals surface area contributed by atoms with Gasteiger partial charge in [-0.15, -0.1) is 40.3 Å². The van der Waals surface area contributed by atoms with Gasteiger partial charge in [0.1, 0.15) is 0 Å². The van der Waals surface area contributed by atoms with Crippen molar-refractivity contribution >= 4 is 34.6 Å². The maximum Gasteiger partial charge on any atom is 2.00 e. The number of hydrogen-bond acceptors (Lipinski definition) is 0. The zero-order valence-corrected chi connectivity index (χ0v) is 26.3. The second kappa shape index (κ2) is 17.8. The van der Waals surface area contributed by atoms with Crippen molar-refractivity contribution in [1.29, 1.82) is 0 Å². The number of rotatable bonds is 7. The zero-order valence-electron chi connectivity index (χ0n) is 23.0. The Bertz CT molecular complexity index is 1270. The van der Waals surface area contributed by atoms with E-state index in [1.54, 1.807) is 6.08 Å². The van der Waals surface area contributed by atoms with Crippen molar-refractivity contribution in [3.05, 3.63) is 151 Å². The van der Waals surface area contributed by atoms with E-state index in [1.165, 1.54) is 57.1 Å². The summed E-state index contributed by atoms with van der Waals surface area (Å²) >= 11 is 0. The number of unbranched alkanes of at least 4 members (excludes halogenated alkanes) is 1. The van der Waals surface area contributed by atoms with E-state index in [-0.39, 0.29) is 26.2 Å². The van der Waals surface area contributed by atoms with E-state index in [4.69, 9.17) is 0 Å². The van der Waals surface area contributed by atoms with Gasteiger partial charge in [-0.2, -0.15) is 23.3 Å². The predicted molar refractivity (Wildman–Crippen MR) is 169 cm³/mol. The van der Waals surface area contributed by atoms with E-state index < -0.39 is 7.92 Å².